The molecule has 1 amide bonds. The summed E-state index contributed by atoms with van der Waals surface area (Å²) in [5.74, 6) is -1.84. The van der Waals surface area contributed by atoms with Crippen LogP contribution in [0, 0.1) is 10.1 Å². The molecule has 2 aromatic rings. The topological polar surface area (TPSA) is 142 Å². The molecule has 3 rings (SSSR count). The van der Waals surface area contributed by atoms with Crippen LogP contribution in [0.15, 0.2) is 29.1 Å². The number of H-pyrrole nitrogens is 1. The van der Waals surface area contributed by atoms with Gasteiger partial charge < -0.3 is 15.4 Å². The summed E-state index contributed by atoms with van der Waals surface area (Å²) in [5.41, 5.74) is -1.99. The molecule has 1 aliphatic carbocycles. The van der Waals surface area contributed by atoms with Gasteiger partial charge in [0.1, 0.15) is 5.54 Å². The highest BCUT2D eigenvalue weighted by Crippen LogP contribution is 2.29. The second kappa shape index (κ2) is 7.18. The second-order valence-electron chi connectivity index (χ2n) is 6.79. The number of nitro groups is 1. The maximum Gasteiger partial charge on any atom is 0.329 e. The van der Waals surface area contributed by atoms with Gasteiger partial charge in [-0.15, -0.1) is 0 Å². The molecule has 0 atom stereocenters. The van der Waals surface area contributed by atoms with Crippen LogP contribution < -0.4 is 10.9 Å². The first kappa shape index (κ1) is 18.6. The molecule has 0 spiro atoms. The van der Waals surface area contributed by atoms with Gasteiger partial charge in [0, 0.05) is 29.1 Å². The molecule has 3 N–H and O–H groups in total. The number of pyridine rings is 1. The molecule has 1 aromatic carbocycles. The summed E-state index contributed by atoms with van der Waals surface area (Å²) in [6, 6.07) is 4.81. The summed E-state index contributed by atoms with van der Waals surface area (Å²) in [6.07, 6.45) is 3.74. The lowest BCUT2D eigenvalue weighted by Gasteiger charge is -2.29. The molecule has 1 heterocycles. The van der Waals surface area contributed by atoms with Gasteiger partial charge in [-0.25, -0.2) is 4.79 Å². The third kappa shape index (κ3) is 3.67. The molecule has 9 heteroatoms. The first-order valence-corrected chi connectivity index (χ1v) is 8.70. The minimum Gasteiger partial charge on any atom is -0.480 e. The number of carboxylic acid groups (broad SMARTS) is 1. The van der Waals surface area contributed by atoms with E-state index in [0.29, 0.717) is 25.7 Å². The van der Waals surface area contributed by atoms with E-state index in [-0.39, 0.29) is 22.2 Å². The monoisotopic (exact) mass is 373 g/mol. The molecule has 142 valence electrons. The number of non-ortho nitro benzene ring substituents is 1. The highest BCUT2D eigenvalue weighted by molar-refractivity contribution is 6.07. The van der Waals surface area contributed by atoms with Crippen LogP contribution in [0.3, 0.4) is 0 Å². The number of rotatable bonds is 4. The first-order valence-electron chi connectivity index (χ1n) is 8.70. The SMILES string of the molecule is O=C(NC1(C(=O)O)CCCCCC1)c1cc(=O)[nH]c2ccc([N+](=O)[O-])cc12. The highest BCUT2D eigenvalue weighted by Gasteiger charge is 2.40. The number of fused-ring (bicyclic) bond motifs is 1. The van der Waals surface area contributed by atoms with Gasteiger partial charge in [-0.1, -0.05) is 25.7 Å². The number of hydrogen-bond donors (Lipinski definition) is 3. The number of aliphatic carboxylic acids is 1. The van der Waals surface area contributed by atoms with E-state index in [1.54, 1.807) is 0 Å². The van der Waals surface area contributed by atoms with E-state index in [1.807, 2.05) is 0 Å². The van der Waals surface area contributed by atoms with Gasteiger partial charge in [0.05, 0.1) is 10.5 Å². The summed E-state index contributed by atoms with van der Waals surface area (Å²) in [6.45, 7) is 0. The Morgan fingerprint density at radius 1 is 1.15 bits per heavy atom. The molecule has 1 aromatic heterocycles. The van der Waals surface area contributed by atoms with E-state index in [0.717, 1.165) is 18.9 Å². The van der Waals surface area contributed by atoms with E-state index in [9.17, 15) is 29.6 Å². The Morgan fingerprint density at radius 2 is 1.81 bits per heavy atom. The van der Waals surface area contributed by atoms with Crippen molar-refractivity contribution in [3.63, 3.8) is 0 Å². The zero-order chi connectivity index (χ0) is 19.6. The number of nitrogens with one attached hydrogen (secondary N) is 2. The van der Waals surface area contributed by atoms with Crippen molar-refractivity contribution in [2.75, 3.05) is 0 Å². The van der Waals surface area contributed by atoms with E-state index in [1.165, 1.54) is 18.2 Å². The van der Waals surface area contributed by atoms with Crippen molar-refractivity contribution < 1.29 is 19.6 Å². The van der Waals surface area contributed by atoms with Crippen LogP contribution in [0.2, 0.25) is 0 Å². The molecule has 9 nitrogen and oxygen atoms in total. The number of hydrogen-bond acceptors (Lipinski definition) is 5. The van der Waals surface area contributed by atoms with E-state index < -0.39 is 27.9 Å². The Labute approximate surface area is 153 Å². The van der Waals surface area contributed by atoms with Gasteiger partial charge in [0.15, 0.2) is 0 Å². The Kier molecular flexibility index (Phi) is 4.93. The van der Waals surface area contributed by atoms with Crippen molar-refractivity contribution in [1.29, 1.82) is 0 Å². The molecule has 0 saturated heterocycles. The third-order valence-corrected chi connectivity index (χ3v) is 5.00. The molecule has 1 aliphatic rings. The van der Waals surface area contributed by atoms with Crippen LogP contribution in [-0.4, -0.2) is 32.4 Å². The summed E-state index contributed by atoms with van der Waals surface area (Å²) in [7, 11) is 0. The van der Waals surface area contributed by atoms with Crippen LogP contribution >= 0.6 is 0 Å². The fraction of sp³-hybridized carbons (Fsp3) is 0.389. The molecule has 0 unspecified atom stereocenters. The van der Waals surface area contributed by atoms with Crippen LogP contribution in [-0.2, 0) is 4.79 Å². The molecule has 0 bridgehead atoms. The van der Waals surface area contributed by atoms with Crippen molar-refractivity contribution in [2.24, 2.45) is 0 Å². The minimum atomic E-state index is -1.40. The number of nitro benzene ring substituents is 1. The predicted molar refractivity (Wildman–Crippen MR) is 96.8 cm³/mol. The van der Waals surface area contributed by atoms with Gasteiger partial charge in [-0.05, 0) is 18.9 Å². The molecule has 1 saturated carbocycles. The number of aromatic amines is 1. The Bertz CT molecular complexity index is 973. The van der Waals surface area contributed by atoms with E-state index in [2.05, 4.69) is 10.3 Å². The van der Waals surface area contributed by atoms with Crippen molar-refractivity contribution in [1.82, 2.24) is 10.3 Å². The lowest BCUT2D eigenvalue weighted by atomic mass is 9.89. The molecular formula is C18H19N3O6. The zero-order valence-corrected chi connectivity index (χ0v) is 14.5. The quantitative estimate of drug-likeness (QED) is 0.426. The zero-order valence-electron chi connectivity index (χ0n) is 14.5. The number of nitrogens with zero attached hydrogens (tertiary/aromatic N) is 1. The maximum atomic E-state index is 12.9. The van der Waals surface area contributed by atoms with E-state index >= 15 is 0 Å². The number of carbonyl (C=O) groups excluding carboxylic acids is 1. The Balaban J connectivity index is 2.06. The number of benzene rings is 1. The van der Waals surface area contributed by atoms with Gasteiger partial charge in [-0.3, -0.25) is 19.7 Å². The number of carboxylic acids is 1. The summed E-state index contributed by atoms with van der Waals surface area (Å²) in [4.78, 5) is 49.7. The Morgan fingerprint density at radius 3 is 2.41 bits per heavy atom. The number of aromatic nitrogens is 1. The molecule has 0 aliphatic heterocycles. The molecule has 0 radical (unpaired) electrons. The summed E-state index contributed by atoms with van der Waals surface area (Å²) in [5, 5.41) is 23.6. The van der Waals surface area contributed by atoms with Gasteiger partial charge in [-0.2, -0.15) is 0 Å². The highest BCUT2D eigenvalue weighted by atomic mass is 16.6. The van der Waals surface area contributed by atoms with Crippen LogP contribution in [0.25, 0.3) is 10.9 Å². The van der Waals surface area contributed by atoms with Gasteiger partial charge in [0.2, 0.25) is 5.56 Å². The molecule has 1 fully saturated rings. The normalized spacial score (nSPS) is 16.4. The second-order valence-corrected chi connectivity index (χ2v) is 6.79. The third-order valence-electron chi connectivity index (χ3n) is 5.00. The standard InChI is InChI=1S/C18H19N3O6/c22-15-10-13(12-9-11(21(26)27)5-6-14(12)19-15)16(23)20-18(17(24)25)7-3-1-2-4-8-18/h5-6,9-10H,1-4,7-8H2,(H,19,22)(H,20,23)(H,24,25). The largest absolute Gasteiger partial charge is 0.480 e. The summed E-state index contributed by atoms with van der Waals surface area (Å²) < 4.78 is 0. The fourth-order valence-corrected chi connectivity index (χ4v) is 3.55. The van der Waals surface area contributed by atoms with Crippen molar-refractivity contribution in [3.05, 3.63) is 50.3 Å². The molecule has 27 heavy (non-hydrogen) atoms. The van der Waals surface area contributed by atoms with Gasteiger partial charge in [0.25, 0.3) is 11.6 Å². The van der Waals surface area contributed by atoms with Crippen LogP contribution in [0.5, 0.6) is 0 Å². The lowest BCUT2D eigenvalue weighted by Crippen LogP contribution is -2.54. The minimum absolute atomic E-state index is 0.0812. The smallest absolute Gasteiger partial charge is 0.329 e. The van der Waals surface area contributed by atoms with Crippen molar-refractivity contribution in [2.45, 2.75) is 44.1 Å². The van der Waals surface area contributed by atoms with Crippen molar-refractivity contribution in [3.8, 4) is 0 Å². The van der Waals surface area contributed by atoms with Crippen molar-refractivity contribution >= 4 is 28.5 Å². The first-order chi connectivity index (χ1) is 12.8. The average molecular weight is 373 g/mol. The molecular weight excluding hydrogens is 354 g/mol. The lowest BCUT2D eigenvalue weighted by molar-refractivity contribution is -0.384. The maximum absolute atomic E-state index is 12.9. The average Bonchev–Trinajstić information content (AvgIpc) is 2.87. The fourth-order valence-electron chi connectivity index (χ4n) is 3.55. The van der Waals surface area contributed by atoms with Gasteiger partial charge >= 0.3 is 5.97 Å². The summed E-state index contributed by atoms with van der Waals surface area (Å²) >= 11 is 0. The van der Waals surface area contributed by atoms with Crippen LogP contribution in [0.1, 0.15) is 48.9 Å². The predicted octanol–water partition coefficient (Wildman–Crippen LogP) is 2.34. The number of amides is 1. The van der Waals surface area contributed by atoms with Crippen LogP contribution in [0.4, 0.5) is 5.69 Å². The number of carbonyl (C=O) groups is 2. The van der Waals surface area contributed by atoms with E-state index in [4.69, 9.17) is 0 Å². The Hall–Kier alpha value is -3.23.